The zero-order valence-corrected chi connectivity index (χ0v) is 11.4. The van der Waals surface area contributed by atoms with Crippen LogP contribution in [-0.2, 0) is 9.53 Å². The average molecular weight is 262 g/mol. The number of ether oxygens (including phenoxy) is 1. The Balaban J connectivity index is 2.52. The topological polar surface area (TPSA) is 63.5 Å². The predicted octanol–water partition coefficient (Wildman–Crippen LogP) is 2.35. The molecule has 0 atom stereocenters. The molecule has 0 bridgehead atoms. The molecule has 0 fully saturated rings. The number of rotatable bonds is 4. The summed E-state index contributed by atoms with van der Waals surface area (Å²) in [6.45, 7) is 5.97. The van der Waals surface area contributed by atoms with Crippen LogP contribution in [0.15, 0.2) is 39.8 Å². The van der Waals surface area contributed by atoms with Gasteiger partial charge in [-0.1, -0.05) is 6.92 Å². The number of carbonyl (C=O) groups is 1. The van der Waals surface area contributed by atoms with E-state index in [0.717, 1.165) is 23.4 Å². The Labute approximate surface area is 112 Å². The van der Waals surface area contributed by atoms with Crippen molar-refractivity contribution in [3.05, 3.63) is 41.1 Å². The van der Waals surface area contributed by atoms with E-state index in [2.05, 4.69) is 10.9 Å². The lowest BCUT2D eigenvalue weighted by molar-refractivity contribution is -0.138. The molecular weight excluding hydrogens is 244 g/mol. The van der Waals surface area contributed by atoms with Crippen LogP contribution in [0.2, 0.25) is 0 Å². The summed E-state index contributed by atoms with van der Waals surface area (Å²) in [7, 11) is 0. The summed E-state index contributed by atoms with van der Waals surface area (Å²) in [5.41, 5.74) is 9.00. The molecular formula is C14H18N2O3. The number of esters is 1. The Morgan fingerprint density at radius 2 is 2.16 bits per heavy atom. The van der Waals surface area contributed by atoms with Gasteiger partial charge in [0.2, 0.25) is 0 Å². The van der Waals surface area contributed by atoms with E-state index in [1.54, 1.807) is 19.3 Å². The van der Waals surface area contributed by atoms with Crippen molar-refractivity contribution in [2.24, 2.45) is 0 Å². The van der Waals surface area contributed by atoms with Gasteiger partial charge in [-0.2, -0.15) is 0 Å². The highest BCUT2D eigenvalue weighted by Crippen LogP contribution is 2.32. The first kappa shape index (κ1) is 13.3. The van der Waals surface area contributed by atoms with E-state index < -0.39 is 0 Å². The fourth-order valence-corrected chi connectivity index (χ4v) is 2.05. The minimum atomic E-state index is -0.341. The lowest BCUT2D eigenvalue weighted by Gasteiger charge is -2.25. The van der Waals surface area contributed by atoms with Crippen molar-refractivity contribution in [1.29, 1.82) is 0 Å². The van der Waals surface area contributed by atoms with Gasteiger partial charge in [-0.05, 0) is 32.4 Å². The van der Waals surface area contributed by atoms with Gasteiger partial charge in [0.05, 0.1) is 24.0 Å². The van der Waals surface area contributed by atoms with Crippen LogP contribution < -0.4 is 10.9 Å². The van der Waals surface area contributed by atoms with Gasteiger partial charge in [0.1, 0.15) is 5.76 Å². The molecule has 19 heavy (non-hydrogen) atoms. The molecule has 1 aromatic rings. The Morgan fingerprint density at radius 1 is 1.37 bits per heavy atom. The SMILES string of the molecule is CCOC(=O)C1=C(C)NNC(CC)=C1c1ccco1. The Morgan fingerprint density at radius 3 is 2.74 bits per heavy atom. The maximum Gasteiger partial charge on any atom is 0.340 e. The van der Waals surface area contributed by atoms with E-state index in [0.29, 0.717) is 17.9 Å². The molecule has 2 N–H and O–H groups in total. The molecule has 1 aromatic heterocycles. The summed E-state index contributed by atoms with van der Waals surface area (Å²) in [6.07, 6.45) is 2.34. The molecule has 5 heteroatoms. The van der Waals surface area contributed by atoms with Crippen LogP contribution >= 0.6 is 0 Å². The van der Waals surface area contributed by atoms with E-state index in [1.165, 1.54) is 0 Å². The first-order valence-electron chi connectivity index (χ1n) is 6.36. The van der Waals surface area contributed by atoms with Crippen LogP contribution in [0.25, 0.3) is 5.57 Å². The number of hydrogen-bond acceptors (Lipinski definition) is 5. The first-order valence-corrected chi connectivity index (χ1v) is 6.36. The Kier molecular flexibility index (Phi) is 3.94. The third-order valence-corrected chi connectivity index (χ3v) is 2.93. The van der Waals surface area contributed by atoms with Crippen LogP contribution in [0, 0.1) is 0 Å². The number of nitrogens with one attached hydrogen (secondary N) is 2. The summed E-state index contributed by atoms with van der Waals surface area (Å²) in [5.74, 6) is 0.319. The molecule has 0 aromatic carbocycles. The van der Waals surface area contributed by atoms with Crippen molar-refractivity contribution in [2.75, 3.05) is 6.61 Å². The molecule has 0 radical (unpaired) electrons. The van der Waals surface area contributed by atoms with Crippen molar-refractivity contribution < 1.29 is 13.9 Å². The van der Waals surface area contributed by atoms with E-state index in [-0.39, 0.29) is 5.97 Å². The fraction of sp³-hybridized carbons (Fsp3) is 0.357. The highest BCUT2D eigenvalue weighted by atomic mass is 16.5. The average Bonchev–Trinajstić information content (AvgIpc) is 2.92. The van der Waals surface area contributed by atoms with Gasteiger partial charge >= 0.3 is 5.97 Å². The lowest BCUT2D eigenvalue weighted by atomic mass is 9.97. The molecule has 0 spiro atoms. The molecule has 102 valence electrons. The highest BCUT2D eigenvalue weighted by molar-refractivity contribution is 6.07. The molecule has 0 amide bonds. The number of hydrazine groups is 1. The van der Waals surface area contributed by atoms with Crippen molar-refractivity contribution in [2.45, 2.75) is 27.2 Å². The molecule has 2 heterocycles. The zero-order valence-electron chi connectivity index (χ0n) is 11.4. The van der Waals surface area contributed by atoms with Crippen LogP contribution in [0.5, 0.6) is 0 Å². The summed E-state index contributed by atoms with van der Waals surface area (Å²) >= 11 is 0. The van der Waals surface area contributed by atoms with Gasteiger partial charge in [0.25, 0.3) is 0 Å². The van der Waals surface area contributed by atoms with Gasteiger partial charge in [0, 0.05) is 11.4 Å². The summed E-state index contributed by atoms with van der Waals surface area (Å²) in [4.78, 5) is 12.2. The summed E-state index contributed by atoms with van der Waals surface area (Å²) in [6, 6.07) is 3.64. The van der Waals surface area contributed by atoms with E-state index in [1.807, 2.05) is 19.9 Å². The molecule has 1 aliphatic heterocycles. The second-order valence-corrected chi connectivity index (χ2v) is 4.15. The number of allylic oxidation sites excluding steroid dienone is 2. The summed E-state index contributed by atoms with van der Waals surface area (Å²) < 4.78 is 10.6. The normalized spacial score (nSPS) is 15.1. The van der Waals surface area contributed by atoms with Crippen LogP contribution in [0.4, 0.5) is 0 Å². The van der Waals surface area contributed by atoms with Crippen LogP contribution in [0.1, 0.15) is 33.0 Å². The third kappa shape index (κ3) is 2.50. The van der Waals surface area contributed by atoms with Crippen LogP contribution in [0.3, 0.4) is 0 Å². The monoisotopic (exact) mass is 262 g/mol. The second-order valence-electron chi connectivity index (χ2n) is 4.15. The lowest BCUT2D eigenvalue weighted by Crippen LogP contribution is -2.36. The fourth-order valence-electron chi connectivity index (χ4n) is 2.05. The standard InChI is InChI=1S/C14H18N2O3/c1-4-10-13(11-7-6-8-19-11)12(9(3)15-16-10)14(17)18-5-2/h6-8,15-16H,4-5H2,1-3H3. The van der Waals surface area contributed by atoms with Gasteiger partial charge in [0.15, 0.2) is 0 Å². The predicted molar refractivity (Wildman–Crippen MR) is 71.5 cm³/mol. The second kappa shape index (κ2) is 5.65. The molecule has 2 rings (SSSR count). The molecule has 0 unspecified atom stereocenters. The molecule has 1 aliphatic rings. The van der Waals surface area contributed by atoms with Gasteiger partial charge in [-0.25, -0.2) is 4.79 Å². The maximum absolute atomic E-state index is 12.2. The van der Waals surface area contributed by atoms with E-state index in [9.17, 15) is 4.79 Å². The summed E-state index contributed by atoms with van der Waals surface area (Å²) in [5, 5.41) is 0. The highest BCUT2D eigenvalue weighted by Gasteiger charge is 2.28. The Bertz CT molecular complexity index is 527. The van der Waals surface area contributed by atoms with Crippen LogP contribution in [-0.4, -0.2) is 12.6 Å². The molecule has 0 saturated carbocycles. The molecule has 0 saturated heterocycles. The molecule has 5 nitrogen and oxygen atoms in total. The van der Waals surface area contributed by atoms with Gasteiger partial charge in [-0.15, -0.1) is 0 Å². The number of hydrogen-bond donors (Lipinski definition) is 2. The quantitative estimate of drug-likeness (QED) is 0.815. The third-order valence-electron chi connectivity index (χ3n) is 2.93. The zero-order chi connectivity index (χ0) is 13.8. The molecule has 0 aliphatic carbocycles. The van der Waals surface area contributed by atoms with E-state index >= 15 is 0 Å². The van der Waals surface area contributed by atoms with Gasteiger partial charge < -0.3 is 20.0 Å². The number of furan rings is 1. The smallest absolute Gasteiger partial charge is 0.340 e. The first-order chi connectivity index (χ1) is 9.19. The minimum Gasteiger partial charge on any atom is -0.464 e. The van der Waals surface area contributed by atoms with Crippen molar-refractivity contribution in [3.8, 4) is 0 Å². The maximum atomic E-state index is 12.2. The van der Waals surface area contributed by atoms with Crippen molar-refractivity contribution in [3.63, 3.8) is 0 Å². The number of carbonyl (C=O) groups excluding carboxylic acids is 1. The largest absolute Gasteiger partial charge is 0.464 e. The van der Waals surface area contributed by atoms with Crippen molar-refractivity contribution in [1.82, 2.24) is 10.9 Å². The van der Waals surface area contributed by atoms with E-state index in [4.69, 9.17) is 9.15 Å². The minimum absolute atomic E-state index is 0.341. The van der Waals surface area contributed by atoms with Gasteiger partial charge in [-0.3, -0.25) is 0 Å². The Hall–Kier alpha value is -2.17. The van der Waals surface area contributed by atoms with Crippen molar-refractivity contribution >= 4 is 11.5 Å².